The summed E-state index contributed by atoms with van der Waals surface area (Å²) in [5.74, 6) is 0.436. The number of halogens is 1. The number of nitrogens with zero attached hydrogens (tertiary/aromatic N) is 2. The SMILES string of the molecule is CS(=O)(=O)c1ccccc1Nc1cc(Cl)ncn1. The quantitative estimate of drug-likeness (QED) is 0.875. The van der Waals surface area contributed by atoms with E-state index in [0.717, 1.165) is 6.26 Å². The molecule has 2 rings (SSSR count). The molecule has 1 aromatic carbocycles. The molecule has 1 aromatic heterocycles. The Hall–Kier alpha value is -1.66. The first-order valence-corrected chi connectivity index (χ1v) is 7.27. The molecule has 5 nitrogen and oxygen atoms in total. The van der Waals surface area contributed by atoms with Gasteiger partial charge in [-0.2, -0.15) is 0 Å². The van der Waals surface area contributed by atoms with Gasteiger partial charge < -0.3 is 5.32 Å². The minimum atomic E-state index is -3.30. The number of para-hydroxylation sites is 1. The van der Waals surface area contributed by atoms with Gasteiger partial charge in [-0.15, -0.1) is 0 Å². The Morgan fingerprint density at radius 1 is 1.22 bits per heavy atom. The molecular weight excluding hydrogens is 274 g/mol. The second-order valence-electron chi connectivity index (χ2n) is 3.62. The second kappa shape index (κ2) is 4.91. The minimum absolute atomic E-state index is 0.208. The fourth-order valence-corrected chi connectivity index (χ4v) is 2.42. The zero-order chi connectivity index (χ0) is 13.2. The van der Waals surface area contributed by atoms with Gasteiger partial charge in [-0.05, 0) is 12.1 Å². The molecule has 94 valence electrons. The Bertz CT molecular complexity index is 673. The van der Waals surface area contributed by atoms with E-state index in [2.05, 4.69) is 15.3 Å². The van der Waals surface area contributed by atoms with Crippen LogP contribution >= 0.6 is 11.6 Å². The van der Waals surface area contributed by atoms with E-state index in [9.17, 15) is 8.42 Å². The van der Waals surface area contributed by atoms with E-state index in [1.807, 2.05) is 0 Å². The Morgan fingerprint density at radius 2 is 1.94 bits per heavy atom. The van der Waals surface area contributed by atoms with Crippen molar-refractivity contribution in [1.82, 2.24) is 9.97 Å². The summed E-state index contributed by atoms with van der Waals surface area (Å²) in [6.07, 6.45) is 2.45. The van der Waals surface area contributed by atoms with Crippen LogP contribution in [0.3, 0.4) is 0 Å². The molecule has 0 saturated heterocycles. The van der Waals surface area contributed by atoms with Gasteiger partial charge in [0.15, 0.2) is 9.84 Å². The largest absolute Gasteiger partial charge is 0.339 e. The summed E-state index contributed by atoms with van der Waals surface area (Å²) in [5, 5.41) is 3.19. The number of anilines is 2. The second-order valence-corrected chi connectivity index (χ2v) is 5.99. The molecule has 0 fully saturated rings. The first-order chi connectivity index (χ1) is 8.47. The minimum Gasteiger partial charge on any atom is -0.339 e. The van der Waals surface area contributed by atoms with E-state index in [-0.39, 0.29) is 10.0 Å². The molecule has 0 atom stereocenters. The third-order valence-corrected chi connectivity index (χ3v) is 3.54. The molecule has 0 aliphatic heterocycles. The van der Waals surface area contributed by atoms with Gasteiger partial charge in [-0.3, -0.25) is 0 Å². The van der Waals surface area contributed by atoms with E-state index in [1.165, 1.54) is 18.5 Å². The van der Waals surface area contributed by atoms with Crippen LogP contribution in [0.4, 0.5) is 11.5 Å². The van der Waals surface area contributed by atoms with Crippen LogP contribution in [0.2, 0.25) is 5.15 Å². The summed E-state index contributed by atoms with van der Waals surface area (Å²) < 4.78 is 23.2. The predicted molar refractivity (Wildman–Crippen MR) is 69.9 cm³/mol. The predicted octanol–water partition coefficient (Wildman–Crippen LogP) is 2.28. The summed E-state index contributed by atoms with van der Waals surface area (Å²) >= 11 is 5.73. The lowest BCUT2D eigenvalue weighted by Gasteiger charge is -2.09. The van der Waals surface area contributed by atoms with Crippen LogP contribution in [-0.2, 0) is 9.84 Å². The molecule has 0 bridgehead atoms. The van der Waals surface area contributed by atoms with E-state index >= 15 is 0 Å². The molecule has 0 radical (unpaired) electrons. The van der Waals surface area contributed by atoms with Crippen molar-refractivity contribution >= 4 is 32.9 Å². The lowest BCUT2D eigenvalue weighted by atomic mass is 10.3. The average molecular weight is 284 g/mol. The Kier molecular flexibility index (Phi) is 3.49. The van der Waals surface area contributed by atoms with Crippen molar-refractivity contribution in [3.05, 3.63) is 41.8 Å². The topological polar surface area (TPSA) is 72.0 Å². The van der Waals surface area contributed by atoms with Crippen molar-refractivity contribution in [3.8, 4) is 0 Å². The lowest BCUT2D eigenvalue weighted by Crippen LogP contribution is -2.03. The number of nitrogens with one attached hydrogen (secondary N) is 1. The third-order valence-electron chi connectivity index (χ3n) is 2.18. The van der Waals surface area contributed by atoms with Crippen molar-refractivity contribution in [3.63, 3.8) is 0 Å². The molecule has 18 heavy (non-hydrogen) atoms. The van der Waals surface area contributed by atoms with Gasteiger partial charge >= 0.3 is 0 Å². The maximum absolute atomic E-state index is 11.6. The summed E-state index contributed by atoms with van der Waals surface area (Å²) in [4.78, 5) is 7.91. The number of rotatable bonds is 3. The zero-order valence-electron chi connectivity index (χ0n) is 9.46. The molecule has 7 heteroatoms. The highest BCUT2D eigenvalue weighted by Crippen LogP contribution is 2.24. The molecule has 1 heterocycles. The summed E-state index contributed by atoms with van der Waals surface area (Å²) in [7, 11) is -3.30. The van der Waals surface area contributed by atoms with Crippen molar-refractivity contribution in [2.75, 3.05) is 11.6 Å². The molecule has 1 N–H and O–H groups in total. The van der Waals surface area contributed by atoms with Crippen LogP contribution in [0.5, 0.6) is 0 Å². The van der Waals surface area contributed by atoms with Gasteiger partial charge in [0, 0.05) is 12.3 Å². The Morgan fingerprint density at radius 3 is 2.61 bits per heavy atom. The van der Waals surface area contributed by atoms with Crippen LogP contribution in [-0.4, -0.2) is 24.6 Å². The molecule has 0 saturated carbocycles. The van der Waals surface area contributed by atoms with E-state index in [0.29, 0.717) is 11.5 Å². The van der Waals surface area contributed by atoms with Gasteiger partial charge in [-0.25, -0.2) is 18.4 Å². The highest BCUT2D eigenvalue weighted by Gasteiger charge is 2.12. The van der Waals surface area contributed by atoms with Gasteiger partial charge in [0.1, 0.15) is 17.3 Å². The molecule has 2 aromatic rings. The maximum atomic E-state index is 11.6. The van der Waals surface area contributed by atoms with E-state index in [1.54, 1.807) is 18.2 Å². The van der Waals surface area contributed by atoms with Crippen LogP contribution in [0, 0.1) is 0 Å². The normalized spacial score (nSPS) is 11.2. The molecule has 0 amide bonds. The van der Waals surface area contributed by atoms with E-state index in [4.69, 9.17) is 11.6 Å². The lowest BCUT2D eigenvalue weighted by molar-refractivity contribution is 0.602. The number of hydrogen-bond donors (Lipinski definition) is 1. The zero-order valence-corrected chi connectivity index (χ0v) is 11.0. The molecule has 0 spiro atoms. The van der Waals surface area contributed by atoms with Crippen LogP contribution in [0.1, 0.15) is 0 Å². The van der Waals surface area contributed by atoms with Gasteiger partial charge in [-0.1, -0.05) is 23.7 Å². The number of aromatic nitrogens is 2. The number of sulfone groups is 1. The fourth-order valence-electron chi connectivity index (χ4n) is 1.43. The summed E-state index contributed by atoms with van der Waals surface area (Å²) in [6.45, 7) is 0. The van der Waals surface area contributed by atoms with Crippen LogP contribution in [0.15, 0.2) is 41.6 Å². The maximum Gasteiger partial charge on any atom is 0.177 e. The van der Waals surface area contributed by atoms with E-state index < -0.39 is 9.84 Å². The van der Waals surface area contributed by atoms with Crippen molar-refractivity contribution in [2.45, 2.75) is 4.90 Å². The smallest absolute Gasteiger partial charge is 0.177 e. The van der Waals surface area contributed by atoms with Crippen molar-refractivity contribution < 1.29 is 8.42 Å². The average Bonchev–Trinajstić information content (AvgIpc) is 2.28. The highest BCUT2D eigenvalue weighted by atomic mass is 35.5. The summed E-state index contributed by atoms with van der Waals surface area (Å²) in [5.41, 5.74) is 0.453. The third kappa shape index (κ3) is 2.96. The standard InChI is InChI=1S/C11H10ClN3O2S/c1-18(16,17)9-5-3-2-4-8(9)15-11-6-10(12)13-7-14-11/h2-7H,1H3,(H,13,14,15). The van der Waals surface area contributed by atoms with Crippen LogP contribution < -0.4 is 5.32 Å². The Labute approximate surface area is 110 Å². The van der Waals surface area contributed by atoms with Crippen molar-refractivity contribution in [1.29, 1.82) is 0 Å². The fraction of sp³-hybridized carbons (Fsp3) is 0.0909. The first-order valence-electron chi connectivity index (χ1n) is 5.00. The monoisotopic (exact) mass is 283 g/mol. The van der Waals surface area contributed by atoms with Gasteiger partial charge in [0.2, 0.25) is 0 Å². The van der Waals surface area contributed by atoms with Gasteiger partial charge in [0.05, 0.1) is 10.6 Å². The number of hydrogen-bond acceptors (Lipinski definition) is 5. The number of benzene rings is 1. The van der Waals surface area contributed by atoms with Crippen molar-refractivity contribution in [2.24, 2.45) is 0 Å². The molecule has 0 aliphatic carbocycles. The van der Waals surface area contributed by atoms with Gasteiger partial charge in [0.25, 0.3) is 0 Å². The van der Waals surface area contributed by atoms with Crippen LogP contribution in [0.25, 0.3) is 0 Å². The molecule has 0 unspecified atom stereocenters. The highest BCUT2D eigenvalue weighted by molar-refractivity contribution is 7.90. The molecule has 0 aliphatic rings. The summed E-state index contributed by atoms with van der Waals surface area (Å²) in [6, 6.07) is 8.10. The first kappa shape index (κ1) is 12.8. The molecular formula is C11H10ClN3O2S. The Balaban J connectivity index is 2.41.